The van der Waals surface area contributed by atoms with Crippen LogP contribution < -0.4 is 10.2 Å². The summed E-state index contributed by atoms with van der Waals surface area (Å²) < 4.78 is 2.02. The van der Waals surface area contributed by atoms with Crippen LogP contribution >= 0.6 is 0 Å². The first kappa shape index (κ1) is 18.7. The smallest absolute Gasteiger partial charge is 0.335 e. The maximum Gasteiger partial charge on any atom is 0.335 e. The van der Waals surface area contributed by atoms with Gasteiger partial charge in [0.2, 0.25) is 0 Å². The Morgan fingerprint density at radius 2 is 1.69 bits per heavy atom. The molecule has 0 saturated carbocycles. The summed E-state index contributed by atoms with van der Waals surface area (Å²) in [5.74, 6) is -1.30. The van der Waals surface area contributed by atoms with E-state index in [0.29, 0.717) is 12.1 Å². The number of hydrogen-bond acceptors (Lipinski definition) is 3. The van der Waals surface area contributed by atoms with Gasteiger partial charge in [-0.2, -0.15) is 0 Å². The summed E-state index contributed by atoms with van der Waals surface area (Å²) in [6.07, 6.45) is 2.24. The Labute approximate surface area is 168 Å². The molecule has 4 rings (SSSR count). The summed E-state index contributed by atoms with van der Waals surface area (Å²) in [6, 6.07) is 14.3. The highest BCUT2D eigenvalue weighted by molar-refractivity contribution is 6.39. The molecule has 0 spiro atoms. The van der Waals surface area contributed by atoms with E-state index in [0.717, 1.165) is 32.6 Å². The van der Waals surface area contributed by atoms with Crippen LogP contribution in [0, 0.1) is 6.92 Å². The predicted octanol–water partition coefficient (Wildman–Crippen LogP) is 3.72. The highest BCUT2D eigenvalue weighted by atomic mass is 16.2. The maximum atomic E-state index is 13.2. The average molecular weight is 387 g/mol. The number of nitrogens with zero attached hydrogens (tertiary/aromatic N) is 2. The number of hydrogen-bond donors (Lipinski definition) is 1. The second-order valence-electron chi connectivity index (χ2n) is 7.02. The quantitative estimate of drug-likeness (QED) is 0.550. The lowest BCUT2D eigenvalue weighted by molar-refractivity contribution is -0.122. The van der Waals surface area contributed by atoms with E-state index in [1.54, 1.807) is 18.2 Å². The summed E-state index contributed by atoms with van der Waals surface area (Å²) in [6.45, 7) is 3.89. The molecule has 0 aliphatic carbocycles. The third-order valence-electron chi connectivity index (χ3n) is 5.45. The molecule has 1 aliphatic heterocycles. The molecule has 6 nitrogen and oxygen atoms in total. The number of aryl methyl sites for hydroxylation is 2. The summed E-state index contributed by atoms with van der Waals surface area (Å²) in [5, 5.41) is 3.25. The Balaban J connectivity index is 1.87. The molecule has 1 N–H and O–H groups in total. The number of carbonyl (C=O) groups excluding carboxylic acids is 3. The van der Waals surface area contributed by atoms with Crippen molar-refractivity contribution < 1.29 is 14.4 Å². The standard InChI is InChI=1S/C23H21N3O3/c1-4-15-9-5-7-11-19(15)26-22(28)18(21(27)24-23(26)29)13-17-14(2)25(3)20-12-8-6-10-16(17)20/h5-13H,4H2,1-3H3,(H,24,27,29)/b18-13-. The topological polar surface area (TPSA) is 71.4 Å². The van der Waals surface area contributed by atoms with Gasteiger partial charge in [-0.15, -0.1) is 0 Å². The molecule has 2 aromatic carbocycles. The van der Waals surface area contributed by atoms with E-state index in [1.165, 1.54) is 0 Å². The van der Waals surface area contributed by atoms with Gasteiger partial charge in [0, 0.05) is 29.2 Å². The van der Waals surface area contributed by atoms with Gasteiger partial charge in [0.05, 0.1) is 5.69 Å². The number of urea groups is 1. The lowest BCUT2D eigenvalue weighted by atomic mass is 10.0. The van der Waals surface area contributed by atoms with E-state index in [9.17, 15) is 14.4 Å². The maximum absolute atomic E-state index is 13.2. The molecule has 3 aromatic rings. The van der Waals surface area contributed by atoms with Gasteiger partial charge in [-0.25, -0.2) is 9.69 Å². The zero-order valence-corrected chi connectivity index (χ0v) is 16.5. The van der Waals surface area contributed by atoms with Crippen molar-refractivity contribution in [2.24, 2.45) is 7.05 Å². The Bertz CT molecular complexity index is 1200. The number of rotatable bonds is 3. The molecular weight excluding hydrogens is 366 g/mol. The summed E-state index contributed by atoms with van der Waals surface area (Å²) in [5.41, 5.74) is 4.01. The molecule has 29 heavy (non-hydrogen) atoms. The van der Waals surface area contributed by atoms with Crippen LogP contribution in [0.1, 0.15) is 23.7 Å². The van der Waals surface area contributed by atoms with E-state index in [1.807, 2.05) is 61.9 Å². The molecule has 0 bridgehead atoms. The third kappa shape index (κ3) is 2.93. The molecule has 1 aliphatic rings. The van der Waals surface area contributed by atoms with E-state index >= 15 is 0 Å². The number of para-hydroxylation sites is 2. The van der Waals surface area contributed by atoms with Crippen LogP contribution in [-0.2, 0) is 23.1 Å². The van der Waals surface area contributed by atoms with Crippen molar-refractivity contribution >= 4 is 40.5 Å². The minimum atomic E-state index is -0.729. The zero-order chi connectivity index (χ0) is 20.7. The largest absolute Gasteiger partial charge is 0.347 e. The van der Waals surface area contributed by atoms with Crippen molar-refractivity contribution in [1.82, 2.24) is 9.88 Å². The average Bonchev–Trinajstić information content (AvgIpc) is 2.96. The van der Waals surface area contributed by atoms with E-state index in [-0.39, 0.29) is 5.57 Å². The van der Waals surface area contributed by atoms with Crippen LogP contribution in [0.3, 0.4) is 0 Å². The molecule has 146 valence electrons. The van der Waals surface area contributed by atoms with Crippen molar-refractivity contribution in [3.8, 4) is 0 Å². The van der Waals surface area contributed by atoms with Crippen molar-refractivity contribution in [1.29, 1.82) is 0 Å². The normalized spacial score (nSPS) is 16.0. The van der Waals surface area contributed by atoms with Crippen LogP contribution in [-0.4, -0.2) is 22.4 Å². The minimum Gasteiger partial charge on any atom is -0.347 e. The molecule has 1 fully saturated rings. The third-order valence-corrected chi connectivity index (χ3v) is 5.45. The lowest BCUT2D eigenvalue weighted by Gasteiger charge is -2.28. The highest BCUT2D eigenvalue weighted by Crippen LogP contribution is 2.30. The molecule has 0 radical (unpaired) electrons. The Morgan fingerprint density at radius 3 is 2.45 bits per heavy atom. The van der Waals surface area contributed by atoms with Gasteiger partial charge in [-0.3, -0.25) is 14.9 Å². The number of aromatic nitrogens is 1. The fourth-order valence-corrected chi connectivity index (χ4v) is 3.78. The van der Waals surface area contributed by atoms with Gasteiger partial charge in [0.1, 0.15) is 5.57 Å². The zero-order valence-electron chi connectivity index (χ0n) is 16.5. The van der Waals surface area contributed by atoms with Crippen LogP contribution in [0.5, 0.6) is 0 Å². The highest BCUT2D eigenvalue weighted by Gasteiger charge is 2.37. The SMILES string of the molecule is CCc1ccccc1N1C(=O)NC(=O)/C(=C/c2c(C)n(C)c3ccccc23)C1=O. The Kier molecular flexibility index (Phi) is 4.54. The van der Waals surface area contributed by atoms with E-state index in [4.69, 9.17) is 0 Å². The van der Waals surface area contributed by atoms with Gasteiger partial charge in [0.15, 0.2) is 0 Å². The number of amides is 4. The first-order valence-electron chi connectivity index (χ1n) is 9.47. The number of fused-ring (bicyclic) bond motifs is 1. The number of benzene rings is 2. The van der Waals surface area contributed by atoms with E-state index < -0.39 is 17.8 Å². The van der Waals surface area contributed by atoms with Gasteiger partial charge in [-0.1, -0.05) is 43.3 Å². The number of anilines is 1. The summed E-state index contributed by atoms with van der Waals surface area (Å²) in [4.78, 5) is 39.3. The summed E-state index contributed by atoms with van der Waals surface area (Å²) in [7, 11) is 1.94. The summed E-state index contributed by atoms with van der Waals surface area (Å²) >= 11 is 0. The molecular formula is C23H21N3O3. The van der Waals surface area contributed by atoms with Gasteiger partial charge >= 0.3 is 6.03 Å². The van der Waals surface area contributed by atoms with Gasteiger partial charge < -0.3 is 4.57 Å². The van der Waals surface area contributed by atoms with Gasteiger partial charge in [-0.05, 0) is 37.1 Å². The fourth-order valence-electron chi connectivity index (χ4n) is 3.78. The first-order chi connectivity index (χ1) is 13.9. The lowest BCUT2D eigenvalue weighted by Crippen LogP contribution is -2.54. The van der Waals surface area contributed by atoms with Crippen molar-refractivity contribution in [3.63, 3.8) is 0 Å². The van der Waals surface area contributed by atoms with Crippen molar-refractivity contribution in [3.05, 3.63) is 70.9 Å². The minimum absolute atomic E-state index is 0.0602. The molecule has 6 heteroatoms. The monoisotopic (exact) mass is 387 g/mol. The molecule has 1 saturated heterocycles. The second kappa shape index (κ2) is 7.05. The van der Waals surface area contributed by atoms with Crippen LogP contribution in [0.25, 0.3) is 17.0 Å². The van der Waals surface area contributed by atoms with Gasteiger partial charge in [0.25, 0.3) is 11.8 Å². The van der Waals surface area contributed by atoms with Crippen LogP contribution in [0.15, 0.2) is 54.1 Å². The van der Waals surface area contributed by atoms with Crippen LogP contribution in [0.4, 0.5) is 10.5 Å². The number of carbonyl (C=O) groups is 3. The fraction of sp³-hybridized carbons (Fsp3) is 0.174. The van der Waals surface area contributed by atoms with Crippen LogP contribution in [0.2, 0.25) is 0 Å². The molecule has 0 unspecified atom stereocenters. The first-order valence-corrected chi connectivity index (χ1v) is 9.47. The molecule has 4 amide bonds. The second-order valence-corrected chi connectivity index (χ2v) is 7.02. The Morgan fingerprint density at radius 1 is 1.00 bits per heavy atom. The van der Waals surface area contributed by atoms with Crippen molar-refractivity contribution in [2.45, 2.75) is 20.3 Å². The molecule has 1 aromatic heterocycles. The number of nitrogens with one attached hydrogen (secondary N) is 1. The Hall–Kier alpha value is -3.67. The predicted molar refractivity (Wildman–Crippen MR) is 112 cm³/mol. The van der Waals surface area contributed by atoms with E-state index in [2.05, 4.69) is 5.32 Å². The number of barbiturate groups is 1. The molecule has 2 heterocycles. The van der Waals surface area contributed by atoms with Crippen molar-refractivity contribution in [2.75, 3.05) is 4.90 Å². The molecule has 0 atom stereocenters. The number of imide groups is 2.